The molecule has 2 saturated heterocycles. The lowest BCUT2D eigenvalue weighted by Gasteiger charge is -2.25. The fourth-order valence-corrected chi connectivity index (χ4v) is 9.72. The first kappa shape index (κ1) is 59.1. The highest BCUT2D eigenvalue weighted by molar-refractivity contribution is 9.10. The molecule has 2 unspecified atom stereocenters. The molecule has 2 fully saturated rings. The molecule has 80 heavy (non-hydrogen) atoms. The van der Waals surface area contributed by atoms with E-state index in [2.05, 4.69) is 31.7 Å². The van der Waals surface area contributed by atoms with Crippen LogP contribution in [0.5, 0.6) is 0 Å². The topological polar surface area (TPSA) is 228 Å². The van der Waals surface area contributed by atoms with Crippen LogP contribution in [0.15, 0.2) is 119 Å². The average molecular weight is 1250 g/mol. The summed E-state index contributed by atoms with van der Waals surface area (Å²) >= 11 is 3.82. The number of amides is 4. The first-order valence-electron chi connectivity index (χ1n) is 24.7. The molecule has 0 spiro atoms. The molecule has 5 aromatic rings. The van der Waals surface area contributed by atoms with Crippen molar-refractivity contribution in [1.82, 2.24) is 29.9 Å². The maximum Gasteiger partial charge on any atom is 0.477 e. The minimum absolute atomic E-state index is 0.0416. The number of esters is 3. The zero-order valence-corrected chi connectivity index (χ0v) is 45.3. The molecule has 0 saturated carbocycles. The summed E-state index contributed by atoms with van der Waals surface area (Å²) in [5.74, 6) is -4.09. The molecule has 19 nitrogen and oxygen atoms in total. The van der Waals surface area contributed by atoms with Gasteiger partial charge in [0.2, 0.25) is 11.8 Å². The van der Waals surface area contributed by atoms with Gasteiger partial charge in [-0.1, -0.05) is 72.8 Å². The van der Waals surface area contributed by atoms with Gasteiger partial charge in [0, 0.05) is 81.8 Å². The molecule has 426 valence electrons. The minimum Gasteiger partial charge on any atom is -0.461 e. The molecule has 2 aromatic heterocycles. The van der Waals surface area contributed by atoms with Crippen molar-refractivity contribution >= 4 is 73.0 Å². The number of carbonyl (C=O) groups is 5. The number of carbonyl (C=O) groups excluding carboxylic acids is 5. The SMILES string of the molecule is CCOC(=O)C(F)(F)Br.O=C(OC1Cc2ccccc2C1)C(F)(F)Br.O=C1N2CC(c3ncco3)=CC(C2)N1O.O=C1N2CC(c3ncco3)=CC(C2)N1OC(F)(F)C(=O)OC1Cc2ccccc2C1.OC1Cc2ccccc2C1. The standard InChI is InChI=1S/C20H17F2N3O5.C11H9BrF2O2.C9H9N3O3.C9H10O.C4H5BrF2O2/c21-20(22,18(26)29-16-8-12-3-1-2-4-13(12)9-16)30-25-15-7-14(17-23-5-6-28-17)10-24(11-15)19(25)27;12-11(13,14)10(15)16-9-5-7-3-1-2-4-8(7)6-9;13-9-11-4-6(8-10-1-2-15-8)3-7(5-11)12(9)14;10-9-5-7-3-1-2-4-8(7)6-9;1-2-9-3(8)4(5,6)7/h1-7,15-16H,8-11H2;1-4,9H,5-6H2;1-3,7,14H,4-5H2;1-4,9-10H,5-6H2;2H2,1H3. The van der Waals surface area contributed by atoms with Gasteiger partial charge in [-0.25, -0.2) is 33.9 Å². The van der Waals surface area contributed by atoms with Crippen molar-refractivity contribution in [3.05, 3.63) is 155 Å². The normalized spacial score (nSPS) is 19.1. The largest absolute Gasteiger partial charge is 0.477 e. The number of urea groups is 2. The van der Waals surface area contributed by atoms with Gasteiger partial charge >= 0.3 is 45.7 Å². The monoisotopic (exact) mass is 1250 g/mol. The molecule has 4 amide bonds. The van der Waals surface area contributed by atoms with Crippen LogP contribution in [0.25, 0.3) is 11.1 Å². The van der Waals surface area contributed by atoms with Gasteiger partial charge in [0.15, 0.2) is 0 Å². The Morgan fingerprint density at radius 1 is 0.625 bits per heavy atom. The summed E-state index contributed by atoms with van der Waals surface area (Å²) in [5, 5.41) is 19.9. The fourth-order valence-electron chi connectivity index (χ4n) is 9.52. The predicted octanol–water partition coefficient (Wildman–Crippen LogP) is 8.35. The van der Waals surface area contributed by atoms with Crippen molar-refractivity contribution in [3.8, 4) is 0 Å². The van der Waals surface area contributed by atoms with Gasteiger partial charge in [-0.2, -0.15) is 41.3 Å². The number of aromatic nitrogens is 2. The molecule has 3 aliphatic carbocycles. The number of aliphatic hydroxyl groups excluding tert-OH is 1. The van der Waals surface area contributed by atoms with Gasteiger partial charge in [-0.3, -0.25) is 5.21 Å². The molecule has 4 bridgehead atoms. The summed E-state index contributed by atoms with van der Waals surface area (Å²) in [6.07, 6.45) is 7.06. The van der Waals surface area contributed by atoms with Crippen LogP contribution in [0, 0.1) is 0 Å². The number of hydrogen-bond acceptors (Lipinski definition) is 15. The lowest BCUT2D eigenvalue weighted by atomic mass is 10.1. The highest BCUT2D eigenvalue weighted by Gasteiger charge is 2.53. The third-order valence-corrected chi connectivity index (χ3v) is 13.7. The zero-order chi connectivity index (χ0) is 57.5. The maximum atomic E-state index is 14.5. The van der Waals surface area contributed by atoms with E-state index >= 15 is 0 Å². The van der Waals surface area contributed by atoms with Crippen LogP contribution in [-0.4, -0.2) is 149 Å². The summed E-state index contributed by atoms with van der Waals surface area (Å²) in [7, 11) is 0. The van der Waals surface area contributed by atoms with E-state index in [4.69, 9.17) is 18.3 Å². The minimum atomic E-state index is -4.31. The van der Waals surface area contributed by atoms with Gasteiger partial charge in [0.25, 0.3) is 0 Å². The second-order valence-electron chi connectivity index (χ2n) is 18.8. The van der Waals surface area contributed by atoms with Gasteiger partial charge in [0.05, 0.1) is 50.3 Å². The number of hydroxylamine groups is 4. The summed E-state index contributed by atoms with van der Waals surface area (Å²) in [6, 6.07) is 21.0. The van der Waals surface area contributed by atoms with E-state index in [-0.39, 0.29) is 37.9 Å². The summed E-state index contributed by atoms with van der Waals surface area (Å²) in [5.41, 5.74) is 8.06. The Morgan fingerprint density at radius 2 is 1.02 bits per heavy atom. The van der Waals surface area contributed by atoms with Crippen LogP contribution in [0.2, 0.25) is 0 Å². The van der Waals surface area contributed by atoms with Crippen LogP contribution in [-0.2, 0) is 72.0 Å². The van der Waals surface area contributed by atoms with E-state index < -0.39 is 58.0 Å². The number of nitrogens with zero attached hydrogens (tertiary/aromatic N) is 6. The van der Waals surface area contributed by atoms with Crippen molar-refractivity contribution in [2.24, 2.45) is 0 Å². The van der Waals surface area contributed by atoms with E-state index in [9.17, 15) is 60.6 Å². The van der Waals surface area contributed by atoms with Crippen LogP contribution < -0.4 is 0 Å². The highest BCUT2D eigenvalue weighted by atomic mass is 79.9. The first-order valence-corrected chi connectivity index (χ1v) is 26.3. The summed E-state index contributed by atoms with van der Waals surface area (Å²) in [6.45, 7) is 2.68. The number of alkyl halides is 8. The molecule has 0 radical (unpaired) electrons. The molecule has 27 heteroatoms. The van der Waals surface area contributed by atoms with Gasteiger partial charge in [-0.15, -0.1) is 0 Å². The molecular weight excluding hydrogens is 1200 g/mol. The highest BCUT2D eigenvalue weighted by Crippen LogP contribution is 2.35. The predicted molar refractivity (Wildman–Crippen MR) is 274 cm³/mol. The Kier molecular flexibility index (Phi) is 18.6. The third kappa shape index (κ3) is 14.6. The Balaban J connectivity index is 0.000000143. The molecule has 2 atom stereocenters. The lowest BCUT2D eigenvalue weighted by Crippen LogP contribution is -2.45. The quantitative estimate of drug-likeness (QED) is 0.0440. The Labute approximate surface area is 468 Å². The smallest absolute Gasteiger partial charge is 0.461 e. The number of hydrogen-bond donors (Lipinski definition) is 2. The molecule has 6 heterocycles. The van der Waals surface area contributed by atoms with E-state index in [0.29, 0.717) is 61.2 Å². The fraction of sp³-hybridized carbons (Fsp3) is 0.377. The number of benzene rings is 3. The van der Waals surface area contributed by atoms with Crippen molar-refractivity contribution in [2.45, 2.75) is 91.6 Å². The maximum absolute atomic E-state index is 14.5. The second kappa shape index (κ2) is 25.2. The number of halogens is 8. The van der Waals surface area contributed by atoms with Crippen molar-refractivity contribution < 1.29 is 88.5 Å². The number of rotatable bonds is 10. The lowest BCUT2D eigenvalue weighted by molar-refractivity contribution is -0.327. The van der Waals surface area contributed by atoms with E-state index in [1.807, 2.05) is 98.6 Å². The average Bonchev–Trinajstić information content (AvgIpc) is 4.35. The van der Waals surface area contributed by atoms with E-state index in [1.54, 1.807) is 17.2 Å². The number of aliphatic hydroxyl groups is 1. The Hall–Kier alpha value is -7.07. The van der Waals surface area contributed by atoms with E-state index in [1.165, 1.54) is 41.7 Å². The van der Waals surface area contributed by atoms with Crippen LogP contribution in [0.3, 0.4) is 0 Å². The second-order valence-corrected chi connectivity index (χ2v) is 20.7. The van der Waals surface area contributed by atoms with Gasteiger partial charge in [-0.05, 0) is 65.3 Å². The molecular formula is C53H50Br2F6N6O13. The Bertz CT molecular complexity index is 3010. The zero-order valence-electron chi connectivity index (χ0n) is 42.1. The Morgan fingerprint density at radius 3 is 1.41 bits per heavy atom. The van der Waals surface area contributed by atoms with Gasteiger partial charge < -0.3 is 38.0 Å². The van der Waals surface area contributed by atoms with Gasteiger partial charge in [0.1, 0.15) is 24.7 Å². The van der Waals surface area contributed by atoms with Crippen LogP contribution >= 0.6 is 31.9 Å². The van der Waals surface area contributed by atoms with Crippen molar-refractivity contribution in [3.63, 3.8) is 0 Å². The van der Waals surface area contributed by atoms with E-state index in [0.717, 1.165) is 45.7 Å². The molecule has 3 aromatic carbocycles. The number of fused-ring (bicyclic) bond motifs is 7. The molecule has 7 aliphatic rings. The van der Waals surface area contributed by atoms with Crippen LogP contribution in [0.1, 0.15) is 52.1 Å². The molecule has 4 aliphatic heterocycles. The summed E-state index contributed by atoms with van der Waals surface area (Å²) < 4.78 is 102. The van der Waals surface area contributed by atoms with Crippen LogP contribution in [0.4, 0.5) is 35.9 Å². The summed E-state index contributed by atoms with van der Waals surface area (Å²) in [4.78, 5) is 65.3. The molecule has 2 N–H and O–H groups in total. The molecule has 12 rings (SSSR count). The number of oxazole rings is 2. The first-order chi connectivity index (χ1) is 38.0. The van der Waals surface area contributed by atoms with Crippen molar-refractivity contribution in [2.75, 3.05) is 32.8 Å². The van der Waals surface area contributed by atoms with Crippen molar-refractivity contribution in [1.29, 1.82) is 0 Å². The number of ether oxygens (including phenoxy) is 3. The third-order valence-electron chi connectivity index (χ3n) is 13.1.